The van der Waals surface area contributed by atoms with Gasteiger partial charge in [0.15, 0.2) is 0 Å². The number of carbonyl (C=O) groups is 2. The van der Waals surface area contributed by atoms with Crippen molar-refractivity contribution in [2.75, 3.05) is 25.0 Å². The first-order valence-corrected chi connectivity index (χ1v) is 8.97. The summed E-state index contributed by atoms with van der Waals surface area (Å²) in [4.78, 5) is 24.0. The van der Waals surface area contributed by atoms with Crippen molar-refractivity contribution in [3.05, 3.63) is 0 Å². The second-order valence-electron chi connectivity index (χ2n) is 5.41. The maximum Gasteiger partial charge on any atom is 0.407 e. The first-order chi connectivity index (χ1) is 10.7. The summed E-state index contributed by atoms with van der Waals surface area (Å²) in [6.45, 7) is 0.516. The molecule has 1 fully saturated rings. The normalized spacial score (nSPS) is 16.8. The number of nitrogens with one attached hydrogen (secondary N) is 1. The van der Waals surface area contributed by atoms with Crippen LogP contribution in [0.1, 0.15) is 44.9 Å². The predicted molar refractivity (Wildman–Crippen MR) is 86.5 cm³/mol. The van der Waals surface area contributed by atoms with Crippen molar-refractivity contribution < 1.29 is 19.1 Å². The summed E-state index contributed by atoms with van der Waals surface area (Å²) in [5, 5.41) is 2.66. The average molecular weight is 354 g/mol. The summed E-state index contributed by atoms with van der Waals surface area (Å²) in [5.74, 6) is 0.582. The quantitative estimate of drug-likeness (QED) is 0.391. The molecule has 0 radical (unpaired) electrons. The van der Waals surface area contributed by atoms with Crippen molar-refractivity contribution in [3.63, 3.8) is 0 Å². The number of alkyl halides is 2. The first kappa shape index (κ1) is 19.4. The molecule has 1 aliphatic rings. The first-order valence-electron chi connectivity index (χ1n) is 7.91. The van der Waals surface area contributed by atoms with Gasteiger partial charge in [0.25, 0.3) is 0 Å². The van der Waals surface area contributed by atoms with Gasteiger partial charge in [0.05, 0.1) is 13.2 Å². The fourth-order valence-electron chi connectivity index (χ4n) is 2.54. The molecule has 0 bridgehead atoms. The molecule has 5 nitrogen and oxygen atoms in total. The van der Waals surface area contributed by atoms with E-state index in [1.54, 1.807) is 0 Å². The molecule has 1 N–H and O–H groups in total. The molecule has 0 aliphatic heterocycles. The molecular formula is C15H25Cl2NO4. The van der Waals surface area contributed by atoms with Crippen molar-refractivity contribution >= 4 is 35.3 Å². The van der Waals surface area contributed by atoms with Gasteiger partial charge in [0.2, 0.25) is 0 Å². The second-order valence-corrected chi connectivity index (χ2v) is 6.16. The van der Waals surface area contributed by atoms with Gasteiger partial charge in [-0.3, -0.25) is 0 Å². The Hall–Kier alpha value is -0.680. The van der Waals surface area contributed by atoms with Crippen LogP contribution in [0, 0.1) is 5.92 Å². The maximum atomic E-state index is 12.2. The number of hydrogen-bond donors (Lipinski definition) is 1. The summed E-state index contributed by atoms with van der Waals surface area (Å²) in [7, 11) is 0. The lowest BCUT2D eigenvalue weighted by Gasteiger charge is -2.29. The molecular weight excluding hydrogens is 329 g/mol. The summed E-state index contributed by atoms with van der Waals surface area (Å²) in [6, 6.07) is -0.640. The molecule has 1 aliphatic carbocycles. The largest absolute Gasteiger partial charge is 0.464 e. The third kappa shape index (κ3) is 7.54. The Kier molecular flexibility index (Phi) is 10.4. The summed E-state index contributed by atoms with van der Waals surface area (Å²) in [6.07, 6.45) is 5.74. The van der Waals surface area contributed by atoms with Gasteiger partial charge < -0.3 is 14.8 Å². The molecule has 7 heteroatoms. The highest BCUT2D eigenvalue weighted by Crippen LogP contribution is 2.27. The highest BCUT2D eigenvalue weighted by atomic mass is 35.5. The van der Waals surface area contributed by atoms with Crippen molar-refractivity contribution in [1.82, 2.24) is 5.32 Å². The van der Waals surface area contributed by atoms with E-state index in [2.05, 4.69) is 5.32 Å². The van der Waals surface area contributed by atoms with E-state index in [1.165, 1.54) is 6.42 Å². The number of carbonyl (C=O) groups excluding carboxylic acids is 2. The molecule has 1 saturated carbocycles. The highest BCUT2D eigenvalue weighted by molar-refractivity contribution is 6.18. The van der Waals surface area contributed by atoms with Crippen LogP contribution in [0.4, 0.5) is 4.79 Å². The van der Waals surface area contributed by atoms with E-state index in [0.717, 1.165) is 25.7 Å². The highest BCUT2D eigenvalue weighted by Gasteiger charge is 2.32. The lowest BCUT2D eigenvalue weighted by Crippen LogP contribution is -2.47. The van der Waals surface area contributed by atoms with E-state index in [4.69, 9.17) is 32.7 Å². The van der Waals surface area contributed by atoms with Crippen LogP contribution >= 0.6 is 23.2 Å². The molecule has 128 valence electrons. The van der Waals surface area contributed by atoms with Gasteiger partial charge in [-0.15, -0.1) is 23.2 Å². The Morgan fingerprint density at radius 2 is 1.59 bits per heavy atom. The average Bonchev–Trinajstić information content (AvgIpc) is 2.54. The van der Waals surface area contributed by atoms with Crippen LogP contribution < -0.4 is 5.32 Å². The van der Waals surface area contributed by atoms with Crippen LogP contribution in [0.15, 0.2) is 0 Å². The minimum Gasteiger partial charge on any atom is -0.464 e. The molecule has 1 amide bonds. The lowest BCUT2D eigenvalue weighted by atomic mass is 9.84. The molecule has 0 saturated heterocycles. The minimum absolute atomic E-state index is 0.109. The summed E-state index contributed by atoms with van der Waals surface area (Å²) in [5.41, 5.74) is 0. The number of esters is 1. The number of alkyl carbamates (subject to hydrolysis) is 1. The molecule has 1 unspecified atom stereocenters. The van der Waals surface area contributed by atoms with E-state index < -0.39 is 18.1 Å². The van der Waals surface area contributed by atoms with E-state index in [-0.39, 0.29) is 19.1 Å². The summed E-state index contributed by atoms with van der Waals surface area (Å²) >= 11 is 11.1. The van der Waals surface area contributed by atoms with Crippen LogP contribution in [0.25, 0.3) is 0 Å². The van der Waals surface area contributed by atoms with E-state index >= 15 is 0 Å². The van der Waals surface area contributed by atoms with Crippen molar-refractivity contribution in [2.45, 2.75) is 51.0 Å². The molecule has 0 aromatic carbocycles. The minimum atomic E-state index is -0.640. The SMILES string of the molecule is O=C(NC(C(=O)OCCCCl)C1CCCCC1)OCCCCl. The Morgan fingerprint density at radius 3 is 2.18 bits per heavy atom. The Bertz CT molecular complexity index is 336. The number of rotatable bonds is 9. The second kappa shape index (κ2) is 11.8. The van der Waals surface area contributed by atoms with Gasteiger partial charge in [0, 0.05) is 11.8 Å². The molecule has 22 heavy (non-hydrogen) atoms. The van der Waals surface area contributed by atoms with Gasteiger partial charge in [-0.05, 0) is 31.6 Å². The van der Waals surface area contributed by atoms with Gasteiger partial charge >= 0.3 is 12.1 Å². The Morgan fingerprint density at radius 1 is 1.00 bits per heavy atom. The zero-order valence-corrected chi connectivity index (χ0v) is 14.3. The van der Waals surface area contributed by atoms with Crippen molar-refractivity contribution in [1.29, 1.82) is 0 Å². The van der Waals surface area contributed by atoms with E-state index in [9.17, 15) is 9.59 Å². The van der Waals surface area contributed by atoms with Crippen molar-refractivity contribution in [2.24, 2.45) is 5.92 Å². The van der Waals surface area contributed by atoms with Crippen LogP contribution in [0.5, 0.6) is 0 Å². The molecule has 1 atom stereocenters. The lowest BCUT2D eigenvalue weighted by molar-refractivity contribution is -0.148. The van der Waals surface area contributed by atoms with Gasteiger partial charge in [0.1, 0.15) is 6.04 Å². The molecule has 0 heterocycles. The van der Waals surface area contributed by atoms with Crippen LogP contribution in [0.3, 0.4) is 0 Å². The number of hydrogen-bond acceptors (Lipinski definition) is 4. The Labute approximate surface area is 142 Å². The van der Waals surface area contributed by atoms with Gasteiger partial charge in [-0.25, -0.2) is 9.59 Å². The Balaban J connectivity index is 2.52. The molecule has 0 aromatic rings. The topological polar surface area (TPSA) is 64.6 Å². The summed E-state index contributed by atoms with van der Waals surface area (Å²) < 4.78 is 10.2. The predicted octanol–water partition coefficient (Wildman–Crippen LogP) is 3.46. The van der Waals surface area contributed by atoms with E-state index in [1.807, 2.05) is 0 Å². The fourth-order valence-corrected chi connectivity index (χ4v) is 2.76. The number of amides is 1. The smallest absolute Gasteiger partial charge is 0.407 e. The fraction of sp³-hybridized carbons (Fsp3) is 0.867. The third-order valence-corrected chi connectivity index (χ3v) is 4.22. The zero-order chi connectivity index (χ0) is 16.2. The zero-order valence-electron chi connectivity index (χ0n) is 12.8. The number of halogens is 2. The molecule has 1 rings (SSSR count). The van der Waals surface area contributed by atoms with E-state index in [0.29, 0.717) is 24.6 Å². The third-order valence-electron chi connectivity index (χ3n) is 3.68. The number of ether oxygens (including phenoxy) is 2. The monoisotopic (exact) mass is 353 g/mol. The van der Waals surface area contributed by atoms with Crippen molar-refractivity contribution in [3.8, 4) is 0 Å². The standard InChI is InChI=1S/C15H25Cl2NO4/c16-8-4-10-21-14(19)13(12-6-2-1-3-7-12)18-15(20)22-11-5-9-17/h12-13H,1-11H2,(H,18,20). The van der Waals surface area contributed by atoms with Crippen LogP contribution in [-0.4, -0.2) is 43.1 Å². The van der Waals surface area contributed by atoms with Crippen LogP contribution in [-0.2, 0) is 14.3 Å². The molecule has 0 spiro atoms. The van der Waals surface area contributed by atoms with Gasteiger partial charge in [-0.2, -0.15) is 0 Å². The molecule has 0 aromatic heterocycles. The maximum absolute atomic E-state index is 12.2. The van der Waals surface area contributed by atoms with Crippen LogP contribution in [0.2, 0.25) is 0 Å². The van der Waals surface area contributed by atoms with Gasteiger partial charge in [-0.1, -0.05) is 19.3 Å².